The minimum atomic E-state index is 0.667. The monoisotopic (exact) mass is 349 g/mol. The van der Waals surface area contributed by atoms with Crippen LogP contribution in [0.5, 0.6) is 11.5 Å². The lowest BCUT2D eigenvalue weighted by molar-refractivity contribution is 0.482. The van der Waals surface area contributed by atoms with Crippen LogP contribution in [0.3, 0.4) is 0 Å². The molecule has 0 aliphatic rings. The zero-order valence-corrected chi connectivity index (χ0v) is 15.0. The summed E-state index contributed by atoms with van der Waals surface area (Å²) in [5.74, 6) is 2.40. The third kappa shape index (κ3) is 4.86. The topological polar surface area (TPSA) is 63.5 Å². The number of guanidine groups is 1. The van der Waals surface area contributed by atoms with E-state index in [0.29, 0.717) is 13.1 Å². The summed E-state index contributed by atoms with van der Waals surface area (Å²) in [4.78, 5) is 4.25. The quantitative estimate of drug-likeness (QED) is 0.530. The maximum Gasteiger partial charge on any atom is 0.191 e. The van der Waals surface area contributed by atoms with E-state index in [-0.39, 0.29) is 0 Å². The smallest absolute Gasteiger partial charge is 0.191 e. The Kier molecular flexibility index (Phi) is 5.88. The lowest BCUT2D eigenvalue weighted by Crippen LogP contribution is -2.36. The molecule has 26 heavy (non-hydrogen) atoms. The van der Waals surface area contributed by atoms with Gasteiger partial charge in [-0.2, -0.15) is 5.10 Å². The number of hydrogen-bond donors (Lipinski definition) is 2. The van der Waals surface area contributed by atoms with Crippen molar-refractivity contribution < 1.29 is 4.74 Å². The number of ether oxygens (including phenoxy) is 1. The number of para-hydroxylation sites is 1. The third-order valence-electron chi connectivity index (χ3n) is 3.95. The van der Waals surface area contributed by atoms with E-state index in [1.165, 1.54) is 0 Å². The maximum atomic E-state index is 5.81. The Balaban J connectivity index is 1.49. The van der Waals surface area contributed by atoms with Gasteiger partial charge in [0.15, 0.2) is 5.96 Å². The van der Waals surface area contributed by atoms with Crippen LogP contribution in [-0.2, 0) is 20.1 Å². The molecule has 0 unspecified atom stereocenters. The summed E-state index contributed by atoms with van der Waals surface area (Å²) in [7, 11) is 3.68. The molecule has 0 radical (unpaired) electrons. The molecule has 6 nitrogen and oxygen atoms in total. The summed E-state index contributed by atoms with van der Waals surface area (Å²) < 4.78 is 7.65. The molecule has 0 atom stereocenters. The Morgan fingerprint density at radius 1 is 0.962 bits per heavy atom. The molecule has 0 amide bonds. The van der Waals surface area contributed by atoms with Gasteiger partial charge in [0.25, 0.3) is 0 Å². The highest BCUT2D eigenvalue weighted by Crippen LogP contribution is 2.20. The molecule has 0 aliphatic heterocycles. The molecule has 6 heteroatoms. The summed E-state index contributed by atoms with van der Waals surface area (Å²) in [5.41, 5.74) is 2.24. The lowest BCUT2D eigenvalue weighted by Gasteiger charge is -2.12. The Morgan fingerprint density at radius 3 is 2.31 bits per heavy atom. The van der Waals surface area contributed by atoms with Gasteiger partial charge in [-0.1, -0.05) is 30.3 Å². The van der Waals surface area contributed by atoms with Crippen molar-refractivity contribution in [3.8, 4) is 11.5 Å². The van der Waals surface area contributed by atoms with Crippen molar-refractivity contribution in [2.75, 3.05) is 7.05 Å². The molecule has 0 saturated heterocycles. The standard InChI is InChI=1S/C20H23N5O/c1-21-20(23-15-17-12-13-24-25(17)2)22-14-16-8-10-19(11-9-16)26-18-6-4-3-5-7-18/h3-13H,14-15H2,1-2H3,(H2,21,22,23). The second-order valence-corrected chi connectivity index (χ2v) is 5.78. The van der Waals surface area contributed by atoms with Crippen LogP contribution in [0.2, 0.25) is 0 Å². The van der Waals surface area contributed by atoms with Gasteiger partial charge < -0.3 is 15.4 Å². The number of hydrogen-bond acceptors (Lipinski definition) is 3. The van der Waals surface area contributed by atoms with Gasteiger partial charge in [-0.15, -0.1) is 0 Å². The fourth-order valence-corrected chi connectivity index (χ4v) is 2.46. The van der Waals surface area contributed by atoms with E-state index in [9.17, 15) is 0 Å². The molecule has 0 bridgehead atoms. The van der Waals surface area contributed by atoms with Gasteiger partial charge in [-0.3, -0.25) is 9.67 Å². The maximum absolute atomic E-state index is 5.81. The van der Waals surface area contributed by atoms with Gasteiger partial charge in [0.05, 0.1) is 12.2 Å². The normalized spacial score (nSPS) is 11.2. The average molecular weight is 349 g/mol. The van der Waals surface area contributed by atoms with Crippen molar-refractivity contribution >= 4 is 5.96 Å². The third-order valence-corrected chi connectivity index (χ3v) is 3.95. The van der Waals surface area contributed by atoms with E-state index < -0.39 is 0 Å². The van der Waals surface area contributed by atoms with Crippen LogP contribution in [0.1, 0.15) is 11.3 Å². The highest BCUT2D eigenvalue weighted by molar-refractivity contribution is 5.79. The second-order valence-electron chi connectivity index (χ2n) is 5.78. The van der Waals surface area contributed by atoms with Crippen molar-refractivity contribution in [3.05, 3.63) is 78.1 Å². The van der Waals surface area contributed by atoms with Crippen molar-refractivity contribution in [2.24, 2.45) is 12.0 Å². The number of aliphatic imine (C=N–C) groups is 1. The van der Waals surface area contributed by atoms with Crippen molar-refractivity contribution in [1.82, 2.24) is 20.4 Å². The van der Waals surface area contributed by atoms with Crippen LogP contribution in [0.4, 0.5) is 0 Å². The number of nitrogens with one attached hydrogen (secondary N) is 2. The molecular formula is C20H23N5O. The molecule has 0 spiro atoms. The Hall–Kier alpha value is -3.28. The van der Waals surface area contributed by atoms with E-state index in [0.717, 1.165) is 28.7 Å². The van der Waals surface area contributed by atoms with E-state index >= 15 is 0 Å². The van der Waals surface area contributed by atoms with Crippen LogP contribution in [-0.4, -0.2) is 22.8 Å². The molecule has 134 valence electrons. The van der Waals surface area contributed by atoms with Crippen LogP contribution < -0.4 is 15.4 Å². The summed E-state index contributed by atoms with van der Waals surface area (Å²) >= 11 is 0. The Morgan fingerprint density at radius 2 is 1.65 bits per heavy atom. The van der Waals surface area contributed by atoms with Crippen LogP contribution in [0.15, 0.2) is 71.9 Å². The Labute approximate surface area is 153 Å². The molecule has 2 N–H and O–H groups in total. The number of aryl methyl sites for hydroxylation is 1. The van der Waals surface area contributed by atoms with Gasteiger partial charge in [-0.05, 0) is 35.9 Å². The number of nitrogens with zero attached hydrogens (tertiary/aromatic N) is 3. The molecule has 0 saturated carbocycles. The van der Waals surface area contributed by atoms with Crippen molar-refractivity contribution in [3.63, 3.8) is 0 Å². The van der Waals surface area contributed by atoms with Crippen LogP contribution in [0, 0.1) is 0 Å². The van der Waals surface area contributed by atoms with Gasteiger partial charge >= 0.3 is 0 Å². The van der Waals surface area contributed by atoms with Gasteiger partial charge in [0, 0.05) is 26.8 Å². The highest BCUT2D eigenvalue weighted by Gasteiger charge is 2.02. The minimum Gasteiger partial charge on any atom is -0.457 e. The van der Waals surface area contributed by atoms with Crippen LogP contribution in [0.25, 0.3) is 0 Å². The first-order chi connectivity index (χ1) is 12.7. The number of aromatic nitrogens is 2. The van der Waals surface area contributed by atoms with Crippen molar-refractivity contribution in [1.29, 1.82) is 0 Å². The average Bonchev–Trinajstić information content (AvgIpc) is 3.09. The molecular weight excluding hydrogens is 326 g/mol. The molecule has 1 aromatic heterocycles. The first-order valence-electron chi connectivity index (χ1n) is 8.48. The van der Waals surface area contributed by atoms with Gasteiger partial charge in [-0.25, -0.2) is 0 Å². The fraction of sp³-hybridized carbons (Fsp3) is 0.200. The number of benzene rings is 2. The summed E-state index contributed by atoms with van der Waals surface area (Å²) in [5, 5.41) is 10.7. The zero-order valence-electron chi connectivity index (χ0n) is 15.0. The van der Waals surface area contributed by atoms with Crippen LogP contribution >= 0.6 is 0 Å². The molecule has 2 aromatic carbocycles. The zero-order chi connectivity index (χ0) is 18.2. The molecule has 1 heterocycles. The minimum absolute atomic E-state index is 0.667. The first-order valence-corrected chi connectivity index (χ1v) is 8.48. The number of rotatable bonds is 6. The predicted octanol–water partition coefficient (Wildman–Crippen LogP) is 3.08. The second kappa shape index (κ2) is 8.71. The summed E-state index contributed by atoms with van der Waals surface area (Å²) in [6, 6.07) is 19.8. The van der Waals surface area contributed by atoms with E-state index in [1.807, 2.05) is 72.4 Å². The van der Waals surface area contributed by atoms with Gasteiger partial charge in [0.2, 0.25) is 0 Å². The SMILES string of the molecule is CN=C(NCc1ccc(Oc2ccccc2)cc1)NCc1ccnn1C. The molecule has 0 aliphatic carbocycles. The largest absolute Gasteiger partial charge is 0.457 e. The lowest BCUT2D eigenvalue weighted by atomic mass is 10.2. The Bertz CT molecular complexity index is 840. The molecule has 0 fully saturated rings. The van der Waals surface area contributed by atoms with Crippen molar-refractivity contribution in [2.45, 2.75) is 13.1 Å². The summed E-state index contributed by atoms with van der Waals surface area (Å²) in [6.07, 6.45) is 1.78. The summed E-state index contributed by atoms with van der Waals surface area (Å²) in [6.45, 7) is 1.34. The first kappa shape index (κ1) is 17.5. The van der Waals surface area contributed by atoms with E-state index in [1.54, 1.807) is 13.2 Å². The fourth-order valence-electron chi connectivity index (χ4n) is 2.46. The van der Waals surface area contributed by atoms with Gasteiger partial charge in [0.1, 0.15) is 11.5 Å². The van der Waals surface area contributed by atoms with E-state index in [2.05, 4.69) is 20.7 Å². The molecule has 3 aromatic rings. The highest BCUT2D eigenvalue weighted by atomic mass is 16.5. The predicted molar refractivity (Wildman–Crippen MR) is 103 cm³/mol. The molecule has 3 rings (SSSR count). The van der Waals surface area contributed by atoms with E-state index in [4.69, 9.17) is 4.74 Å².